The monoisotopic (exact) mass is 275 g/mol. The standard InChI is InChI=1S/C18H29NO/c1-4-19-15(3)13-16-8-10-17(11-9-16)20-18-7-5-6-14(2)12-18/h8-11,14-15,18-19H,4-7,12-13H2,1-3H3. The van der Waals surface area contributed by atoms with Gasteiger partial charge in [-0.05, 0) is 62.8 Å². The van der Waals surface area contributed by atoms with Gasteiger partial charge >= 0.3 is 0 Å². The lowest BCUT2D eigenvalue weighted by Gasteiger charge is -2.27. The summed E-state index contributed by atoms with van der Waals surface area (Å²) in [5, 5.41) is 3.45. The molecule has 0 amide bonds. The van der Waals surface area contributed by atoms with E-state index in [1.54, 1.807) is 0 Å². The summed E-state index contributed by atoms with van der Waals surface area (Å²) in [5.41, 5.74) is 1.38. The van der Waals surface area contributed by atoms with Gasteiger partial charge in [-0.2, -0.15) is 0 Å². The number of rotatable bonds is 6. The quantitative estimate of drug-likeness (QED) is 0.840. The van der Waals surface area contributed by atoms with Gasteiger partial charge in [-0.3, -0.25) is 0 Å². The fraction of sp³-hybridized carbons (Fsp3) is 0.667. The van der Waals surface area contributed by atoms with E-state index in [0.717, 1.165) is 24.6 Å². The van der Waals surface area contributed by atoms with Gasteiger partial charge in [0.25, 0.3) is 0 Å². The first-order valence-corrected chi connectivity index (χ1v) is 8.16. The smallest absolute Gasteiger partial charge is 0.119 e. The fourth-order valence-electron chi connectivity index (χ4n) is 3.16. The molecule has 0 spiro atoms. The van der Waals surface area contributed by atoms with Gasteiger partial charge in [0.15, 0.2) is 0 Å². The van der Waals surface area contributed by atoms with Crippen LogP contribution in [-0.2, 0) is 6.42 Å². The van der Waals surface area contributed by atoms with Crippen LogP contribution in [0.1, 0.15) is 52.0 Å². The second-order valence-corrected chi connectivity index (χ2v) is 6.32. The van der Waals surface area contributed by atoms with Crippen molar-refractivity contribution in [2.75, 3.05) is 6.54 Å². The van der Waals surface area contributed by atoms with E-state index in [-0.39, 0.29) is 0 Å². The molecule has 3 unspecified atom stereocenters. The Morgan fingerprint density at radius 1 is 1.25 bits per heavy atom. The molecule has 0 heterocycles. The molecule has 0 bridgehead atoms. The van der Waals surface area contributed by atoms with Crippen LogP contribution in [0.2, 0.25) is 0 Å². The Labute approximate surface area is 123 Å². The Kier molecular flexibility index (Phi) is 5.90. The van der Waals surface area contributed by atoms with Crippen molar-refractivity contribution in [2.45, 2.75) is 65.0 Å². The Bertz CT molecular complexity index is 387. The molecule has 3 atom stereocenters. The first kappa shape index (κ1) is 15.4. The van der Waals surface area contributed by atoms with E-state index in [1.165, 1.54) is 31.2 Å². The first-order valence-electron chi connectivity index (χ1n) is 8.16. The van der Waals surface area contributed by atoms with Crippen molar-refractivity contribution >= 4 is 0 Å². The third-order valence-electron chi connectivity index (χ3n) is 4.21. The van der Waals surface area contributed by atoms with Crippen LogP contribution >= 0.6 is 0 Å². The molecule has 2 nitrogen and oxygen atoms in total. The van der Waals surface area contributed by atoms with Crippen LogP contribution in [0.25, 0.3) is 0 Å². The highest BCUT2D eigenvalue weighted by molar-refractivity contribution is 5.28. The van der Waals surface area contributed by atoms with Gasteiger partial charge in [0, 0.05) is 6.04 Å². The maximum atomic E-state index is 6.12. The normalized spacial score (nSPS) is 24.4. The van der Waals surface area contributed by atoms with E-state index in [1.807, 2.05) is 0 Å². The lowest BCUT2D eigenvalue weighted by molar-refractivity contribution is 0.129. The molecule has 0 aliphatic heterocycles. The van der Waals surface area contributed by atoms with Crippen molar-refractivity contribution in [2.24, 2.45) is 5.92 Å². The molecule has 1 aliphatic rings. The molecule has 20 heavy (non-hydrogen) atoms. The van der Waals surface area contributed by atoms with Crippen LogP contribution in [0.15, 0.2) is 24.3 Å². The number of likely N-dealkylation sites (N-methyl/N-ethyl adjacent to an activating group) is 1. The molecular formula is C18H29NO. The summed E-state index contributed by atoms with van der Waals surface area (Å²) in [6.45, 7) is 7.75. The third-order valence-corrected chi connectivity index (χ3v) is 4.21. The molecule has 1 N–H and O–H groups in total. The molecule has 1 saturated carbocycles. The van der Waals surface area contributed by atoms with Crippen LogP contribution in [0, 0.1) is 5.92 Å². The zero-order valence-electron chi connectivity index (χ0n) is 13.2. The molecule has 1 aromatic rings. The van der Waals surface area contributed by atoms with E-state index in [2.05, 4.69) is 50.4 Å². The van der Waals surface area contributed by atoms with E-state index < -0.39 is 0 Å². The minimum absolute atomic E-state index is 0.422. The molecule has 0 saturated heterocycles. The lowest BCUT2D eigenvalue weighted by Crippen LogP contribution is -2.27. The summed E-state index contributed by atoms with van der Waals surface area (Å²) in [5.74, 6) is 1.85. The molecule has 2 heteroatoms. The Balaban J connectivity index is 1.84. The van der Waals surface area contributed by atoms with Gasteiger partial charge in [-0.25, -0.2) is 0 Å². The minimum Gasteiger partial charge on any atom is -0.490 e. The lowest BCUT2D eigenvalue weighted by atomic mass is 9.89. The summed E-state index contributed by atoms with van der Waals surface area (Å²) in [4.78, 5) is 0. The third kappa shape index (κ3) is 4.82. The summed E-state index contributed by atoms with van der Waals surface area (Å²) in [6, 6.07) is 9.21. The second-order valence-electron chi connectivity index (χ2n) is 6.32. The Morgan fingerprint density at radius 3 is 2.65 bits per heavy atom. The second kappa shape index (κ2) is 7.68. The van der Waals surface area contributed by atoms with Gasteiger partial charge in [0.2, 0.25) is 0 Å². The topological polar surface area (TPSA) is 21.3 Å². The number of nitrogens with one attached hydrogen (secondary N) is 1. The molecule has 1 aromatic carbocycles. The van der Waals surface area contributed by atoms with Crippen LogP contribution in [0.3, 0.4) is 0 Å². The molecule has 0 radical (unpaired) electrons. The average Bonchev–Trinajstić information content (AvgIpc) is 2.41. The molecule has 112 valence electrons. The fourth-order valence-corrected chi connectivity index (χ4v) is 3.16. The van der Waals surface area contributed by atoms with E-state index in [9.17, 15) is 0 Å². The highest BCUT2D eigenvalue weighted by atomic mass is 16.5. The van der Waals surface area contributed by atoms with Crippen LogP contribution in [-0.4, -0.2) is 18.7 Å². The van der Waals surface area contributed by atoms with Crippen molar-refractivity contribution in [1.82, 2.24) is 5.32 Å². The highest BCUT2D eigenvalue weighted by Crippen LogP contribution is 2.27. The largest absolute Gasteiger partial charge is 0.490 e. The average molecular weight is 275 g/mol. The Hall–Kier alpha value is -1.02. The maximum Gasteiger partial charge on any atom is 0.119 e. The van der Waals surface area contributed by atoms with Crippen molar-refractivity contribution in [3.8, 4) is 5.75 Å². The predicted octanol–water partition coefficient (Wildman–Crippen LogP) is 4.18. The molecule has 1 fully saturated rings. The SMILES string of the molecule is CCNC(C)Cc1ccc(OC2CCCC(C)C2)cc1. The molecular weight excluding hydrogens is 246 g/mol. The van der Waals surface area contributed by atoms with Crippen molar-refractivity contribution in [3.63, 3.8) is 0 Å². The number of ether oxygens (including phenoxy) is 1. The maximum absolute atomic E-state index is 6.12. The van der Waals surface area contributed by atoms with Gasteiger partial charge in [-0.15, -0.1) is 0 Å². The molecule has 0 aromatic heterocycles. The van der Waals surface area contributed by atoms with Gasteiger partial charge in [-0.1, -0.05) is 32.4 Å². The molecule has 2 rings (SSSR count). The molecule has 1 aliphatic carbocycles. The van der Waals surface area contributed by atoms with Crippen molar-refractivity contribution in [1.29, 1.82) is 0 Å². The van der Waals surface area contributed by atoms with Crippen LogP contribution in [0.5, 0.6) is 5.75 Å². The van der Waals surface area contributed by atoms with Crippen molar-refractivity contribution in [3.05, 3.63) is 29.8 Å². The highest BCUT2D eigenvalue weighted by Gasteiger charge is 2.20. The minimum atomic E-state index is 0.422. The summed E-state index contributed by atoms with van der Waals surface area (Å²) in [7, 11) is 0. The number of hydrogen-bond acceptors (Lipinski definition) is 2. The van der Waals surface area contributed by atoms with Crippen molar-refractivity contribution < 1.29 is 4.74 Å². The van der Waals surface area contributed by atoms with E-state index in [0.29, 0.717) is 12.1 Å². The zero-order valence-corrected chi connectivity index (χ0v) is 13.2. The van der Waals surface area contributed by atoms with E-state index in [4.69, 9.17) is 4.74 Å². The summed E-state index contributed by atoms with van der Waals surface area (Å²) >= 11 is 0. The zero-order chi connectivity index (χ0) is 14.4. The number of hydrogen-bond donors (Lipinski definition) is 1. The summed E-state index contributed by atoms with van der Waals surface area (Å²) < 4.78 is 6.12. The van der Waals surface area contributed by atoms with E-state index >= 15 is 0 Å². The van der Waals surface area contributed by atoms with Gasteiger partial charge < -0.3 is 10.1 Å². The van der Waals surface area contributed by atoms with Crippen LogP contribution < -0.4 is 10.1 Å². The summed E-state index contributed by atoms with van der Waals surface area (Å²) in [6.07, 6.45) is 6.59. The van der Waals surface area contributed by atoms with Gasteiger partial charge in [0.1, 0.15) is 5.75 Å². The van der Waals surface area contributed by atoms with Gasteiger partial charge in [0.05, 0.1) is 6.10 Å². The number of benzene rings is 1. The predicted molar refractivity (Wildman–Crippen MR) is 85.3 cm³/mol. The Morgan fingerprint density at radius 2 is 2.00 bits per heavy atom. The van der Waals surface area contributed by atoms with Crippen LogP contribution in [0.4, 0.5) is 0 Å². The first-order chi connectivity index (χ1) is 9.67.